The summed E-state index contributed by atoms with van der Waals surface area (Å²) in [6, 6.07) is 16.2. The van der Waals surface area contributed by atoms with Gasteiger partial charge in [0.2, 0.25) is 0 Å². The number of amides is 1. The van der Waals surface area contributed by atoms with Gasteiger partial charge in [0.25, 0.3) is 5.91 Å². The molecule has 0 saturated carbocycles. The Hall–Kier alpha value is -2.64. The Morgan fingerprint density at radius 2 is 1.77 bits per heavy atom. The minimum Gasteiger partial charge on any atom is -0.331 e. The smallest absolute Gasteiger partial charge is 0.254 e. The van der Waals surface area contributed by atoms with E-state index in [4.69, 9.17) is 5.26 Å². The maximum absolute atomic E-state index is 12.9. The molecule has 2 aromatic carbocycles. The van der Waals surface area contributed by atoms with Crippen molar-refractivity contribution in [3.8, 4) is 17.2 Å². The lowest BCUT2D eigenvalue weighted by atomic mass is 10.00. The molecular weight excluding hydrogens is 322 g/mol. The van der Waals surface area contributed by atoms with Gasteiger partial charge in [-0.15, -0.1) is 0 Å². The summed E-state index contributed by atoms with van der Waals surface area (Å²) in [5.41, 5.74) is 4.81. The minimum absolute atomic E-state index is 0.182. The van der Waals surface area contributed by atoms with Crippen LogP contribution in [0.4, 0.5) is 0 Å². The van der Waals surface area contributed by atoms with Gasteiger partial charge in [-0.2, -0.15) is 5.26 Å². The summed E-state index contributed by atoms with van der Waals surface area (Å²) in [6.07, 6.45) is 2.13. The molecule has 0 unspecified atom stereocenters. The van der Waals surface area contributed by atoms with Crippen molar-refractivity contribution >= 4 is 5.91 Å². The zero-order valence-corrected chi connectivity index (χ0v) is 15.1. The van der Waals surface area contributed by atoms with Crippen LogP contribution in [0.15, 0.2) is 42.5 Å². The van der Waals surface area contributed by atoms with Gasteiger partial charge in [0.05, 0.1) is 11.6 Å². The number of hydrogen-bond donors (Lipinski definition) is 0. The third-order valence-electron chi connectivity index (χ3n) is 5.73. The Labute approximate surface area is 154 Å². The van der Waals surface area contributed by atoms with Crippen LogP contribution in [0, 0.1) is 11.3 Å². The highest BCUT2D eigenvalue weighted by Crippen LogP contribution is 2.32. The topological polar surface area (TPSA) is 47.3 Å². The van der Waals surface area contributed by atoms with Gasteiger partial charge in [0.15, 0.2) is 0 Å². The molecule has 2 aromatic rings. The van der Waals surface area contributed by atoms with Crippen molar-refractivity contribution in [2.45, 2.75) is 32.4 Å². The van der Waals surface area contributed by atoms with Crippen LogP contribution in [0.1, 0.15) is 41.3 Å². The highest BCUT2D eigenvalue weighted by Gasteiger charge is 2.34. The van der Waals surface area contributed by atoms with E-state index >= 15 is 0 Å². The van der Waals surface area contributed by atoms with Gasteiger partial charge in [-0.05, 0) is 60.3 Å². The Kier molecular flexibility index (Phi) is 4.48. The fourth-order valence-corrected chi connectivity index (χ4v) is 4.10. The van der Waals surface area contributed by atoms with Crippen molar-refractivity contribution in [3.05, 3.63) is 59.2 Å². The molecule has 1 saturated heterocycles. The SMILES string of the molecule is CCN1CCC(N2Cc3cc(-c4ccc(C#N)cc4)ccc3C2=O)CC1. The second kappa shape index (κ2) is 6.93. The van der Waals surface area contributed by atoms with E-state index < -0.39 is 0 Å². The van der Waals surface area contributed by atoms with Crippen LogP contribution in [0.25, 0.3) is 11.1 Å². The average molecular weight is 345 g/mol. The fraction of sp³-hybridized carbons (Fsp3) is 0.364. The third kappa shape index (κ3) is 3.00. The maximum Gasteiger partial charge on any atom is 0.254 e. The third-order valence-corrected chi connectivity index (χ3v) is 5.73. The largest absolute Gasteiger partial charge is 0.331 e. The van der Waals surface area contributed by atoms with E-state index in [-0.39, 0.29) is 5.91 Å². The fourth-order valence-electron chi connectivity index (χ4n) is 4.10. The zero-order chi connectivity index (χ0) is 18.1. The molecule has 0 N–H and O–H groups in total. The number of nitriles is 1. The molecule has 1 amide bonds. The molecule has 4 nitrogen and oxygen atoms in total. The molecule has 0 atom stereocenters. The quantitative estimate of drug-likeness (QED) is 0.853. The van der Waals surface area contributed by atoms with Crippen LogP contribution in [0.5, 0.6) is 0 Å². The first-order valence-electron chi connectivity index (χ1n) is 9.36. The van der Waals surface area contributed by atoms with Gasteiger partial charge in [-0.1, -0.05) is 25.1 Å². The van der Waals surface area contributed by atoms with Crippen molar-refractivity contribution in [3.63, 3.8) is 0 Å². The number of likely N-dealkylation sites (tertiary alicyclic amines) is 1. The second-order valence-electron chi connectivity index (χ2n) is 7.16. The van der Waals surface area contributed by atoms with E-state index in [0.29, 0.717) is 11.6 Å². The summed E-state index contributed by atoms with van der Waals surface area (Å²) in [5.74, 6) is 0.182. The van der Waals surface area contributed by atoms with Gasteiger partial charge in [0, 0.05) is 31.2 Å². The van der Waals surface area contributed by atoms with Crippen LogP contribution >= 0.6 is 0 Å². The van der Waals surface area contributed by atoms with Crippen LogP contribution in [-0.2, 0) is 6.54 Å². The molecule has 0 aromatic heterocycles. The Morgan fingerprint density at radius 1 is 1.08 bits per heavy atom. The van der Waals surface area contributed by atoms with E-state index in [1.165, 1.54) is 0 Å². The molecule has 132 valence electrons. The van der Waals surface area contributed by atoms with Crippen molar-refractivity contribution in [2.75, 3.05) is 19.6 Å². The van der Waals surface area contributed by atoms with Crippen LogP contribution < -0.4 is 0 Å². The number of hydrogen-bond acceptors (Lipinski definition) is 3. The highest BCUT2D eigenvalue weighted by atomic mass is 16.2. The van der Waals surface area contributed by atoms with Gasteiger partial charge in [-0.3, -0.25) is 4.79 Å². The molecule has 26 heavy (non-hydrogen) atoms. The first-order valence-corrected chi connectivity index (χ1v) is 9.36. The molecular formula is C22H23N3O. The van der Waals surface area contributed by atoms with Crippen LogP contribution in [0.2, 0.25) is 0 Å². The molecule has 0 bridgehead atoms. The minimum atomic E-state index is 0.182. The Balaban J connectivity index is 1.54. The van der Waals surface area contributed by atoms with E-state index in [9.17, 15) is 4.79 Å². The second-order valence-corrected chi connectivity index (χ2v) is 7.16. The zero-order valence-electron chi connectivity index (χ0n) is 15.1. The molecule has 2 heterocycles. The molecule has 0 spiro atoms. The Bertz CT molecular complexity index is 858. The first-order chi connectivity index (χ1) is 12.7. The van der Waals surface area contributed by atoms with Crippen molar-refractivity contribution in [1.82, 2.24) is 9.80 Å². The molecule has 1 fully saturated rings. The summed E-state index contributed by atoms with van der Waals surface area (Å²) in [7, 11) is 0. The number of fused-ring (bicyclic) bond motifs is 1. The molecule has 0 aliphatic carbocycles. The lowest BCUT2D eigenvalue weighted by molar-refractivity contribution is 0.0602. The van der Waals surface area contributed by atoms with Crippen molar-refractivity contribution in [2.24, 2.45) is 0 Å². The standard InChI is InChI=1S/C22H23N3O/c1-2-24-11-9-20(10-12-24)25-15-19-13-18(7-8-21(19)22(25)26)17-5-3-16(14-23)4-6-17/h3-8,13,20H,2,9-12,15H2,1H3. The number of nitrogens with zero attached hydrogens (tertiary/aromatic N) is 3. The monoisotopic (exact) mass is 345 g/mol. The summed E-state index contributed by atoms with van der Waals surface area (Å²) in [4.78, 5) is 17.4. The van der Waals surface area contributed by atoms with E-state index in [1.54, 1.807) is 0 Å². The number of piperidine rings is 1. The van der Waals surface area contributed by atoms with E-state index in [1.807, 2.05) is 36.4 Å². The lowest BCUT2D eigenvalue weighted by Crippen LogP contribution is -2.44. The van der Waals surface area contributed by atoms with Gasteiger partial charge < -0.3 is 9.80 Å². The number of rotatable bonds is 3. The van der Waals surface area contributed by atoms with Crippen molar-refractivity contribution in [1.29, 1.82) is 5.26 Å². The molecule has 4 heteroatoms. The summed E-state index contributed by atoms with van der Waals surface area (Å²) >= 11 is 0. The summed E-state index contributed by atoms with van der Waals surface area (Å²) in [5, 5.41) is 8.94. The first kappa shape index (κ1) is 16.8. The maximum atomic E-state index is 12.9. The number of carbonyl (C=O) groups is 1. The summed E-state index contributed by atoms with van der Waals surface area (Å²) < 4.78 is 0. The average Bonchev–Trinajstić information content (AvgIpc) is 3.04. The van der Waals surface area contributed by atoms with Gasteiger partial charge in [0.1, 0.15) is 0 Å². The normalized spacial score (nSPS) is 18.0. The van der Waals surface area contributed by atoms with Crippen molar-refractivity contribution < 1.29 is 4.79 Å². The highest BCUT2D eigenvalue weighted by molar-refractivity contribution is 5.99. The molecule has 2 aliphatic rings. The lowest BCUT2D eigenvalue weighted by Gasteiger charge is -2.36. The number of carbonyl (C=O) groups excluding carboxylic acids is 1. The molecule has 2 aliphatic heterocycles. The molecule has 0 radical (unpaired) electrons. The summed E-state index contributed by atoms with van der Waals surface area (Å²) in [6.45, 7) is 6.17. The van der Waals surface area contributed by atoms with Crippen LogP contribution in [0.3, 0.4) is 0 Å². The van der Waals surface area contributed by atoms with Gasteiger partial charge >= 0.3 is 0 Å². The predicted molar refractivity (Wildman–Crippen MR) is 102 cm³/mol. The Morgan fingerprint density at radius 3 is 2.42 bits per heavy atom. The van der Waals surface area contributed by atoms with Gasteiger partial charge in [-0.25, -0.2) is 0 Å². The van der Waals surface area contributed by atoms with E-state index in [2.05, 4.69) is 28.9 Å². The van der Waals surface area contributed by atoms with Crippen LogP contribution in [-0.4, -0.2) is 41.4 Å². The number of benzene rings is 2. The molecule has 4 rings (SSSR count). The van der Waals surface area contributed by atoms with E-state index in [0.717, 1.165) is 61.3 Å². The predicted octanol–water partition coefficient (Wildman–Crippen LogP) is 3.67.